The standard InChI is InChI=1S/C27H30F4N2O4/c28-26(29,16-14-24(35)36)15-7-17-33-22(19-32(25(33)37)18-20-8-3-1-4-9-20)12-13-23(34)27(30,31)21-10-5-2-6-11-21/h1-6,8-13,22-23,34H,7,14-19H2,(H,35,36). The SMILES string of the molecule is O=C(O)CCC(F)(F)CCCN1C(=O)N(Cc2ccccc2)CC1C=CC(O)C(F)(F)c1ccccc1. The Balaban J connectivity index is 1.72. The molecule has 37 heavy (non-hydrogen) atoms. The van der Waals surface area contributed by atoms with Gasteiger partial charge in [-0.25, -0.2) is 13.6 Å². The van der Waals surface area contributed by atoms with Gasteiger partial charge in [-0.2, -0.15) is 8.78 Å². The van der Waals surface area contributed by atoms with Crippen molar-refractivity contribution in [1.82, 2.24) is 9.80 Å². The van der Waals surface area contributed by atoms with E-state index < -0.39 is 55.3 Å². The van der Waals surface area contributed by atoms with Gasteiger partial charge in [0.15, 0.2) is 0 Å². The van der Waals surface area contributed by atoms with Gasteiger partial charge in [0.2, 0.25) is 5.92 Å². The van der Waals surface area contributed by atoms with Crippen LogP contribution in [0, 0.1) is 0 Å². The van der Waals surface area contributed by atoms with Crippen LogP contribution in [0.5, 0.6) is 0 Å². The van der Waals surface area contributed by atoms with Crippen molar-refractivity contribution in [3.63, 3.8) is 0 Å². The highest BCUT2D eigenvalue weighted by Crippen LogP contribution is 2.33. The van der Waals surface area contributed by atoms with Gasteiger partial charge in [0, 0.05) is 38.0 Å². The molecule has 2 amide bonds. The molecule has 200 valence electrons. The number of carbonyl (C=O) groups is 2. The van der Waals surface area contributed by atoms with Crippen LogP contribution < -0.4 is 0 Å². The molecule has 0 radical (unpaired) electrons. The van der Waals surface area contributed by atoms with Gasteiger partial charge in [-0.05, 0) is 12.0 Å². The summed E-state index contributed by atoms with van der Waals surface area (Å²) >= 11 is 0. The van der Waals surface area contributed by atoms with E-state index in [0.29, 0.717) is 0 Å². The van der Waals surface area contributed by atoms with E-state index in [1.54, 1.807) is 6.07 Å². The number of benzene rings is 2. The summed E-state index contributed by atoms with van der Waals surface area (Å²) in [5.41, 5.74) is 0.483. The van der Waals surface area contributed by atoms with E-state index in [0.717, 1.165) is 11.6 Å². The number of aliphatic hydroxyl groups excluding tert-OH is 1. The fourth-order valence-electron chi connectivity index (χ4n) is 4.20. The van der Waals surface area contributed by atoms with Gasteiger partial charge in [0.05, 0.1) is 12.5 Å². The number of carboxylic acid groups (broad SMARTS) is 1. The fraction of sp³-hybridized carbons (Fsp3) is 0.407. The van der Waals surface area contributed by atoms with Crippen molar-refractivity contribution in [1.29, 1.82) is 0 Å². The lowest BCUT2D eigenvalue weighted by Gasteiger charge is -2.24. The van der Waals surface area contributed by atoms with E-state index in [1.165, 1.54) is 40.1 Å². The number of aliphatic carboxylic acids is 1. The third-order valence-corrected chi connectivity index (χ3v) is 6.23. The number of alkyl halides is 4. The van der Waals surface area contributed by atoms with Crippen LogP contribution >= 0.6 is 0 Å². The molecule has 2 aromatic carbocycles. The monoisotopic (exact) mass is 522 g/mol. The van der Waals surface area contributed by atoms with Crippen molar-refractivity contribution in [3.05, 3.63) is 83.9 Å². The summed E-state index contributed by atoms with van der Waals surface area (Å²) in [5, 5.41) is 18.9. The van der Waals surface area contributed by atoms with Crippen molar-refractivity contribution >= 4 is 12.0 Å². The largest absolute Gasteiger partial charge is 0.481 e. The third-order valence-electron chi connectivity index (χ3n) is 6.23. The summed E-state index contributed by atoms with van der Waals surface area (Å²) in [6.45, 7) is 0.300. The predicted molar refractivity (Wildman–Crippen MR) is 129 cm³/mol. The minimum Gasteiger partial charge on any atom is -0.481 e. The molecular formula is C27H30F4N2O4. The second-order valence-electron chi connectivity index (χ2n) is 9.08. The Hall–Kier alpha value is -3.40. The zero-order valence-electron chi connectivity index (χ0n) is 20.1. The van der Waals surface area contributed by atoms with Crippen LogP contribution in [0.15, 0.2) is 72.8 Å². The molecule has 2 N–H and O–H groups in total. The van der Waals surface area contributed by atoms with Crippen LogP contribution in [0.3, 0.4) is 0 Å². The molecule has 0 aliphatic carbocycles. The lowest BCUT2D eigenvalue weighted by molar-refractivity contribution is -0.139. The molecule has 1 fully saturated rings. The molecule has 1 aliphatic rings. The Bertz CT molecular complexity index is 1070. The van der Waals surface area contributed by atoms with Gasteiger partial charge < -0.3 is 20.0 Å². The molecule has 6 nitrogen and oxygen atoms in total. The van der Waals surface area contributed by atoms with Crippen LogP contribution in [0.25, 0.3) is 0 Å². The quantitative estimate of drug-likeness (QED) is 0.277. The molecule has 1 saturated heterocycles. The molecule has 0 saturated carbocycles. The lowest BCUT2D eigenvalue weighted by atomic mass is 10.0. The summed E-state index contributed by atoms with van der Waals surface area (Å²) in [6.07, 6.45) is -2.10. The van der Waals surface area contributed by atoms with E-state index in [9.17, 15) is 32.3 Å². The van der Waals surface area contributed by atoms with Gasteiger partial charge in [0.1, 0.15) is 6.10 Å². The molecule has 0 bridgehead atoms. The molecule has 0 spiro atoms. The summed E-state index contributed by atoms with van der Waals surface area (Å²) in [7, 11) is 0. The van der Waals surface area contributed by atoms with Gasteiger partial charge in [-0.1, -0.05) is 72.8 Å². The number of carboxylic acids is 1. The zero-order valence-corrected chi connectivity index (χ0v) is 20.1. The molecule has 2 unspecified atom stereocenters. The molecule has 1 heterocycles. The fourth-order valence-corrected chi connectivity index (χ4v) is 4.20. The Morgan fingerprint density at radius 1 is 1.03 bits per heavy atom. The summed E-state index contributed by atoms with van der Waals surface area (Å²) in [5.74, 6) is -8.09. The topological polar surface area (TPSA) is 81.1 Å². The molecule has 3 rings (SSSR count). The Kier molecular flexibility index (Phi) is 9.31. The van der Waals surface area contributed by atoms with Crippen molar-refractivity contribution in [3.8, 4) is 0 Å². The molecule has 0 aromatic heterocycles. The summed E-state index contributed by atoms with van der Waals surface area (Å²) in [6, 6.07) is 14.8. The number of aliphatic hydroxyl groups is 1. The normalized spacial score (nSPS) is 17.5. The van der Waals surface area contributed by atoms with Crippen molar-refractivity contribution < 1.29 is 37.4 Å². The Labute approximate surface area is 212 Å². The average Bonchev–Trinajstić information content (AvgIpc) is 3.16. The summed E-state index contributed by atoms with van der Waals surface area (Å²) < 4.78 is 57.5. The number of nitrogens with zero attached hydrogens (tertiary/aromatic N) is 2. The number of carbonyl (C=O) groups excluding carboxylic acids is 1. The summed E-state index contributed by atoms with van der Waals surface area (Å²) in [4.78, 5) is 26.5. The zero-order chi connectivity index (χ0) is 27.1. The van der Waals surface area contributed by atoms with E-state index >= 15 is 0 Å². The van der Waals surface area contributed by atoms with Crippen LogP contribution in [0.2, 0.25) is 0 Å². The molecule has 2 aromatic rings. The first-order chi connectivity index (χ1) is 17.5. The van der Waals surface area contributed by atoms with Crippen molar-refractivity contribution in [2.75, 3.05) is 13.1 Å². The number of urea groups is 1. The van der Waals surface area contributed by atoms with Gasteiger partial charge in [-0.15, -0.1) is 0 Å². The smallest absolute Gasteiger partial charge is 0.320 e. The molecule has 10 heteroatoms. The lowest BCUT2D eigenvalue weighted by Crippen LogP contribution is -2.36. The molecule has 2 atom stereocenters. The number of rotatable bonds is 13. The van der Waals surface area contributed by atoms with E-state index in [2.05, 4.69) is 0 Å². The van der Waals surface area contributed by atoms with E-state index in [1.807, 2.05) is 30.3 Å². The predicted octanol–water partition coefficient (Wildman–Crippen LogP) is 5.28. The van der Waals surface area contributed by atoms with Crippen LogP contribution in [-0.4, -0.2) is 63.2 Å². The van der Waals surface area contributed by atoms with Crippen LogP contribution in [-0.2, 0) is 17.3 Å². The Morgan fingerprint density at radius 3 is 2.27 bits per heavy atom. The van der Waals surface area contributed by atoms with E-state index in [-0.39, 0.29) is 31.6 Å². The van der Waals surface area contributed by atoms with Crippen LogP contribution in [0.4, 0.5) is 22.4 Å². The second kappa shape index (κ2) is 12.2. The average molecular weight is 523 g/mol. The van der Waals surface area contributed by atoms with E-state index in [4.69, 9.17) is 5.11 Å². The highest BCUT2D eigenvalue weighted by Gasteiger charge is 2.40. The Morgan fingerprint density at radius 2 is 1.65 bits per heavy atom. The first-order valence-corrected chi connectivity index (χ1v) is 12.0. The van der Waals surface area contributed by atoms with Gasteiger partial charge in [0.25, 0.3) is 0 Å². The van der Waals surface area contributed by atoms with Crippen molar-refractivity contribution in [2.45, 2.75) is 56.2 Å². The number of halogens is 4. The third kappa shape index (κ3) is 7.79. The number of hydrogen-bond acceptors (Lipinski definition) is 3. The maximum Gasteiger partial charge on any atom is 0.320 e. The van der Waals surface area contributed by atoms with Crippen molar-refractivity contribution in [2.24, 2.45) is 0 Å². The number of hydrogen-bond donors (Lipinski definition) is 2. The highest BCUT2D eigenvalue weighted by atomic mass is 19.3. The maximum atomic E-state index is 14.7. The molecular weight excluding hydrogens is 492 g/mol. The number of amides is 2. The minimum absolute atomic E-state index is 0.0764. The van der Waals surface area contributed by atoms with Gasteiger partial charge >= 0.3 is 17.9 Å². The highest BCUT2D eigenvalue weighted by molar-refractivity contribution is 5.77. The minimum atomic E-state index is -3.57. The molecule has 1 aliphatic heterocycles. The maximum absolute atomic E-state index is 14.7. The first-order valence-electron chi connectivity index (χ1n) is 12.0. The second-order valence-corrected chi connectivity index (χ2v) is 9.08. The van der Waals surface area contributed by atoms with Gasteiger partial charge in [-0.3, -0.25) is 4.79 Å². The van der Waals surface area contributed by atoms with Crippen LogP contribution in [0.1, 0.15) is 36.8 Å². The first kappa shape index (κ1) is 28.2.